The van der Waals surface area contributed by atoms with Gasteiger partial charge in [-0.05, 0) is 111 Å². The molecular weight excluding hydrogens is 634 g/mol. The van der Waals surface area contributed by atoms with Gasteiger partial charge in [0.1, 0.15) is 5.75 Å². The van der Waals surface area contributed by atoms with E-state index >= 15 is 0 Å². The Bertz CT molecular complexity index is 1630. The lowest BCUT2D eigenvalue weighted by molar-refractivity contribution is 0.0190. The minimum atomic E-state index is -3.89. The Labute approximate surface area is 284 Å². The number of sulfonamides is 1. The second kappa shape index (κ2) is 13.4. The molecule has 5 aliphatic rings. The molecule has 0 unspecified atom stereocenters. The molecule has 3 aliphatic heterocycles. The number of benzene rings is 2. The van der Waals surface area contributed by atoms with E-state index < -0.39 is 21.2 Å². The number of rotatable bonds is 2. The van der Waals surface area contributed by atoms with Crippen LogP contribution in [0.4, 0.5) is 5.69 Å². The van der Waals surface area contributed by atoms with Crippen molar-refractivity contribution in [2.24, 2.45) is 23.7 Å². The highest BCUT2D eigenvalue weighted by molar-refractivity contribution is 7.90. The fraction of sp³-hybridized carbons (Fsp3) is 0.595. The summed E-state index contributed by atoms with van der Waals surface area (Å²) in [6, 6.07) is 11.7. The molecule has 254 valence electrons. The maximum atomic E-state index is 13.5. The van der Waals surface area contributed by atoms with Gasteiger partial charge in [0.05, 0.1) is 30.8 Å². The summed E-state index contributed by atoms with van der Waals surface area (Å²) >= 11 is 6.46. The molecule has 1 saturated heterocycles. The van der Waals surface area contributed by atoms with Crippen LogP contribution in [0.2, 0.25) is 5.02 Å². The van der Waals surface area contributed by atoms with Crippen molar-refractivity contribution >= 4 is 33.2 Å². The van der Waals surface area contributed by atoms with Crippen molar-refractivity contribution < 1.29 is 22.7 Å². The fourth-order valence-corrected chi connectivity index (χ4v) is 10.1. The molecule has 2 aliphatic carbocycles. The van der Waals surface area contributed by atoms with Crippen molar-refractivity contribution in [2.45, 2.75) is 63.0 Å². The van der Waals surface area contributed by atoms with Crippen molar-refractivity contribution in [3.63, 3.8) is 0 Å². The molecule has 1 N–H and O–H groups in total. The van der Waals surface area contributed by atoms with Crippen molar-refractivity contribution in [2.75, 3.05) is 57.4 Å². The number of hydrogen-bond acceptors (Lipinski definition) is 7. The molecule has 2 fully saturated rings. The van der Waals surface area contributed by atoms with Gasteiger partial charge in [0.25, 0.3) is 5.91 Å². The lowest BCUT2D eigenvalue weighted by atomic mass is 9.65. The van der Waals surface area contributed by atoms with Crippen LogP contribution < -0.4 is 14.4 Å². The average molecular weight is 682 g/mol. The highest BCUT2D eigenvalue weighted by Crippen LogP contribution is 2.47. The van der Waals surface area contributed by atoms with Gasteiger partial charge in [0.15, 0.2) is 0 Å². The SMILES string of the molecule is C[C@@H]1[C@@H](C)C/C=C/[C@@H](CN2CCOCC2)[C@@H]2CC[C@H]2CN2C[C@@]3(CCCc4cc(Cl)ccc43)COc3ccc(cc32)C(=O)NS1(=O)=O. The minimum Gasteiger partial charge on any atom is -0.490 e. The highest BCUT2D eigenvalue weighted by atomic mass is 35.5. The summed E-state index contributed by atoms with van der Waals surface area (Å²) in [5.41, 5.74) is 3.57. The molecule has 8 nitrogen and oxygen atoms in total. The van der Waals surface area contributed by atoms with Crippen LogP contribution in [0.1, 0.15) is 67.4 Å². The molecule has 3 heterocycles. The zero-order valence-corrected chi connectivity index (χ0v) is 29.2. The van der Waals surface area contributed by atoms with Gasteiger partial charge in [0.2, 0.25) is 10.0 Å². The first kappa shape index (κ1) is 32.9. The third-order valence-electron chi connectivity index (χ3n) is 11.8. The summed E-state index contributed by atoms with van der Waals surface area (Å²) in [6.45, 7) is 10.2. The number of morpholine rings is 1. The van der Waals surface area contributed by atoms with E-state index in [9.17, 15) is 13.2 Å². The van der Waals surface area contributed by atoms with E-state index in [1.165, 1.54) is 17.5 Å². The van der Waals surface area contributed by atoms with Crippen molar-refractivity contribution in [1.82, 2.24) is 9.62 Å². The van der Waals surface area contributed by atoms with Crippen LogP contribution in [-0.2, 0) is 26.6 Å². The Hall–Kier alpha value is -2.59. The molecule has 6 atom stereocenters. The number of ether oxygens (including phenoxy) is 2. The molecule has 1 saturated carbocycles. The number of aryl methyl sites for hydroxylation is 1. The summed E-state index contributed by atoms with van der Waals surface area (Å²) in [7, 11) is -3.89. The van der Waals surface area contributed by atoms with E-state index in [1.54, 1.807) is 13.0 Å². The van der Waals surface area contributed by atoms with E-state index in [0.29, 0.717) is 36.3 Å². The molecule has 0 aromatic heterocycles. The largest absolute Gasteiger partial charge is 0.490 e. The van der Waals surface area contributed by atoms with Gasteiger partial charge >= 0.3 is 0 Å². The van der Waals surface area contributed by atoms with Gasteiger partial charge in [-0.1, -0.05) is 36.7 Å². The molecule has 2 aromatic rings. The lowest BCUT2D eigenvalue weighted by Crippen LogP contribution is -2.50. The molecule has 2 aromatic carbocycles. The van der Waals surface area contributed by atoms with Crippen LogP contribution in [0, 0.1) is 23.7 Å². The van der Waals surface area contributed by atoms with E-state index in [1.807, 2.05) is 25.1 Å². The predicted molar refractivity (Wildman–Crippen MR) is 186 cm³/mol. The van der Waals surface area contributed by atoms with Gasteiger partial charge in [-0.25, -0.2) is 13.1 Å². The first-order valence-corrected chi connectivity index (χ1v) is 19.4. The molecule has 47 heavy (non-hydrogen) atoms. The van der Waals surface area contributed by atoms with Crippen molar-refractivity contribution in [3.8, 4) is 5.75 Å². The van der Waals surface area contributed by atoms with Crippen molar-refractivity contribution in [1.29, 1.82) is 0 Å². The molecule has 7 rings (SSSR count). The van der Waals surface area contributed by atoms with Gasteiger partial charge in [-0.3, -0.25) is 9.69 Å². The summed E-state index contributed by atoms with van der Waals surface area (Å²) in [4.78, 5) is 18.5. The molecule has 2 bridgehead atoms. The maximum absolute atomic E-state index is 13.5. The van der Waals surface area contributed by atoms with Crippen LogP contribution in [0.15, 0.2) is 48.6 Å². The number of carbonyl (C=O) groups excluding carboxylic acids is 1. The van der Waals surface area contributed by atoms with E-state index in [0.717, 1.165) is 88.1 Å². The fourth-order valence-electron chi connectivity index (χ4n) is 8.59. The second-order valence-corrected chi connectivity index (χ2v) is 17.2. The molecule has 0 radical (unpaired) electrons. The third-order valence-corrected chi connectivity index (χ3v) is 13.9. The van der Waals surface area contributed by atoms with E-state index in [2.05, 4.69) is 38.8 Å². The van der Waals surface area contributed by atoms with Gasteiger partial charge < -0.3 is 14.4 Å². The molecule has 1 amide bonds. The number of carbonyl (C=O) groups is 1. The Morgan fingerprint density at radius 3 is 2.70 bits per heavy atom. The minimum absolute atomic E-state index is 0.147. The van der Waals surface area contributed by atoms with Gasteiger partial charge in [-0.15, -0.1) is 0 Å². The van der Waals surface area contributed by atoms with Crippen LogP contribution in [-0.4, -0.2) is 77.0 Å². The average Bonchev–Trinajstić information content (AvgIpc) is 3.19. The van der Waals surface area contributed by atoms with E-state index in [4.69, 9.17) is 21.1 Å². The van der Waals surface area contributed by atoms with Crippen LogP contribution in [0.3, 0.4) is 0 Å². The topological polar surface area (TPSA) is 88.2 Å². The van der Waals surface area contributed by atoms with Gasteiger partial charge in [0, 0.05) is 48.7 Å². The smallest absolute Gasteiger partial charge is 0.264 e. The number of anilines is 1. The Balaban J connectivity index is 1.28. The zero-order chi connectivity index (χ0) is 32.8. The predicted octanol–water partition coefficient (Wildman–Crippen LogP) is 5.83. The Kier molecular flexibility index (Phi) is 9.37. The quantitative estimate of drug-likeness (QED) is 0.399. The first-order valence-electron chi connectivity index (χ1n) is 17.5. The number of halogens is 1. The summed E-state index contributed by atoms with van der Waals surface area (Å²) < 4.78 is 41.5. The second-order valence-electron chi connectivity index (χ2n) is 14.7. The number of nitrogens with zero attached hydrogens (tertiary/aromatic N) is 2. The number of fused-ring (bicyclic) bond motifs is 4. The molecule has 1 spiro atoms. The first-order chi connectivity index (χ1) is 22.6. The summed E-state index contributed by atoms with van der Waals surface area (Å²) in [5.74, 6) is 1.38. The lowest BCUT2D eigenvalue weighted by Gasteiger charge is -2.47. The normalized spacial score (nSPS) is 33.4. The standard InChI is InChI=1S/C37H48ClN3O5S/c1-25-5-3-6-29(21-40-15-17-45-18-16-40)32-11-8-30(32)22-41-23-37(14-4-7-27-19-31(38)10-12-33(27)37)24-46-35-13-9-28(20-34(35)41)36(42)39-47(43,44)26(25)2/h3,6,9-10,12-13,19-20,25-26,29-30,32H,4-5,7-8,11,14-18,21-24H2,1-2H3,(H,39,42)/b6-3+/t25-,26+,29-,30-,32-,37-/m0/s1. The number of nitrogens with one attached hydrogen (secondary N) is 1. The summed E-state index contributed by atoms with van der Waals surface area (Å²) in [5, 5.41) is 0.0353. The van der Waals surface area contributed by atoms with Gasteiger partial charge in [-0.2, -0.15) is 0 Å². The highest BCUT2D eigenvalue weighted by Gasteiger charge is 2.44. The van der Waals surface area contributed by atoms with Crippen molar-refractivity contribution in [3.05, 3.63) is 70.3 Å². The number of amides is 1. The molecular formula is C37H48ClN3O5S. The number of hydrogen-bond donors (Lipinski definition) is 1. The Morgan fingerprint density at radius 1 is 1.09 bits per heavy atom. The van der Waals surface area contributed by atoms with Crippen LogP contribution >= 0.6 is 11.6 Å². The third kappa shape index (κ3) is 6.70. The zero-order valence-electron chi connectivity index (χ0n) is 27.6. The number of allylic oxidation sites excluding steroid dienone is 1. The Morgan fingerprint density at radius 2 is 1.91 bits per heavy atom. The maximum Gasteiger partial charge on any atom is 0.264 e. The summed E-state index contributed by atoms with van der Waals surface area (Å²) in [6.07, 6.45) is 10.6. The monoisotopic (exact) mass is 681 g/mol. The van der Waals surface area contributed by atoms with Crippen LogP contribution in [0.5, 0.6) is 5.75 Å². The van der Waals surface area contributed by atoms with E-state index in [-0.39, 0.29) is 11.3 Å². The van der Waals surface area contributed by atoms with Crippen LogP contribution in [0.25, 0.3) is 0 Å². The molecule has 10 heteroatoms.